The second kappa shape index (κ2) is 5.98. The van der Waals surface area contributed by atoms with Crippen LogP contribution in [0.1, 0.15) is 32.0 Å². The third-order valence-electron chi connectivity index (χ3n) is 3.25. The molecule has 5 heteroatoms. The number of halogens is 1. The molecule has 114 valence electrons. The van der Waals surface area contributed by atoms with Crippen LogP contribution in [0.4, 0.5) is 5.69 Å². The Morgan fingerprint density at radius 2 is 2.05 bits per heavy atom. The average molecular weight is 308 g/mol. The van der Waals surface area contributed by atoms with Gasteiger partial charge in [0.25, 0.3) is 0 Å². The van der Waals surface area contributed by atoms with Gasteiger partial charge in [-0.05, 0) is 18.2 Å². The lowest BCUT2D eigenvalue weighted by atomic mass is 9.89. The van der Waals surface area contributed by atoms with Crippen LogP contribution in [0.25, 0.3) is 0 Å². The molecule has 0 atom stereocenters. The molecule has 0 spiro atoms. The lowest BCUT2D eigenvalue weighted by Gasteiger charge is -2.18. The minimum absolute atomic E-state index is 0.0106. The Hall–Kier alpha value is -1.68. The Kier molecular flexibility index (Phi) is 4.47. The molecule has 21 heavy (non-hydrogen) atoms. The highest BCUT2D eigenvalue weighted by Crippen LogP contribution is 2.29. The second-order valence-corrected chi connectivity index (χ2v) is 6.56. The molecule has 0 bridgehead atoms. The number of hydrogen-bond acceptors (Lipinski definition) is 3. The summed E-state index contributed by atoms with van der Waals surface area (Å²) in [5.41, 5.74) is 3.16. The van der Waals surface area contributed by atoms with E-state index in [0.29, 0.717) is 11.6 Å². The largest absolute Gasteiger partial charge is 0.495 e. The van der Waals surface area contributed by atoms with Gasteiger partial charge in [-0.1, -0.05) is 32.4 Å². The number of benzene rings is 1. The van der Waals surface area contributed by atoms with Crippen molar-refractivity contribution in [3.63, 3.8) is 0 Å². The predicted molar refractivity (Wildman–Crippen MR) is 87.2 cm³/mol. The molecule has 1 N–H and O–H groups in total. The van der Waals surface area contributed by atoms with E-state index < -0.39 is 0 Å². The first-order chi connectivity index (χ1) is 9.81. The van der Waals surface area contributed by atoms with E-state index in [1.807, 2.05) is 36.1 Å². The van der Waals surface area contributed by atoms with Crippen LogP contribution in [0.2, 0.25) is 5.02 Å². The van der Waals surface area contributed by atoms with Crippen LogP contribution >= 0.6 is 11.6 Å². The third kappa shape index (κ3) is 3.70. The Labute approximate surface area is 131 Å². The van der Waals surface area contributed by atoms with Crippen molar-refractivity contribution in [1.82, 2.24) is 9.78 Å². The van der Waals surface area contributed by atoms with E-state index >= 15 is 0 Å². The molecular weight excluding hydrogens is 286 g/mol. The van der Waals surface area contributed by atoms with Crippen molar-refractivity contribution in [2.75, 3.05) is 12.4 Å². The summed E-state index contributed by atoms with van der Waals surface area (Å²) in [6.45, 7) is 7.17. The maximum atomic E-state index is 6.05. The summed E-state index contributed by atoms with van der Waals surface area (Å²) in [4.78, 5) is 0. The lowest BCUT2D eigenvalue weighted by Crippen LogP contribution is -2.16. The fourth-order valence-corrected chi connectivity index (χ4v) is 2.48. The highest BCUT2D eigenvalue weighted by molar-refractivity contribution is 6.30. The number of aromatic nitrogens is 2. The van der Waals surface area contributed by atoms with Crippen molar-refractivity contribution in [3.8, 4) is 5.75 Å². The van der Waals surface area contributed by atoms with E-state index in [1.54, 1.807) is 7.11 Å². The molecular formula is C16H22ClN3O. The van der Waals surface area contributed by atoms with Crippen molar-refractivity contribution in [1.29, 1.82) is 0 Å². The van der Waals surface area contributed by atoms with Gasteiger partial charge in [0.15, 0.2) is 0 Å². The van der Waals surface area contributed by atoms with Crippen LogP contribution in [0.5, 0.6) is 5.75 Å². The summed E-state index contributed by atoms with van der Waals surface area (Å²) in [5.74, 6) is 0.778. The topological polar surface area (TPSA) is 39.1 Å². The number of ether oxygens (including phenoxy) is 1. The van der Waals surface area contributed by atoms with Crippen molar-refractivity contribution in [2.24, 2.45) is 7.05 Å². The van der Waals surface area contributed by atoms with E-state index in [-0.39, 0.29) is 5.41 Å². The van der Waals surface area contributed by atoms with Gasteiger partial charge in [-0.2, -0.15) is 5.10 Å². The lowest BCUT2D eigenvalue weighted by molar-refractivity contribution is 0.416. The zero-order valence-corrected chi connectivity index (χ0v) is 14.0. The van der Waals surface area contributed by atoms with Gasteiger partial charge >= 0.3 is 0 Å². The monoisotopic (exact) mass is 307 g/mol. The molecule has 0 aliphatic heterocycles. The van der Waals surface area contributed by atoms with Crippen LogP contribution in [-0.4, -0.2) is 16.9 Å². The number of nitrogens with one attached hydrogen (secondary N) is 1. The summed E-state index contributed by atoms with van der Waals surface area (Å²) in [7, 11) is 3.60. The van der Waals surface area contributed by atoms with Crippen LogP contribution < -0.4 is 10.1 Å². The standard InChI is InChI=1S/C16H22ClN3O/c1-16(2,3)15-11(10-20(4)19-15)9-18-13-8-12(17)6-7-14(13)21-5/h6-8,10,18H,9H2,1-5H3. The molecule has 0 aliphatic rings. The molecule has 0 amide bonds. The van der Waals surface area contributed by atoms with Gasteiger partial charge in [-0.15, -0.1) is 0 Å². The first kappa shape index (κ1) is 15.7. The Morgan fingerprint density at radius 3 is 2.67 bits per heavy atom. The molecule has 0 aliphatic carbocycles. The number of rotatable bonds is 4. The summed E-state index contributed by atoms with van der Waals surface area (Å²) in [5, 5.41) is 8.64. The SMILES string of the molecule is COc1ccc(Cl)cc1NCc1cn(C)nc1C(C)(C)C. The summed E-state index contributed by atoms with van der Waals surface area (Å²) in [6, 6.07) is 5.54. The Morgan fingerprint density at radius 1 is 1.33 bits per heavy atom. The summed E-state index contributed by atoms with van der Waals surface area (Å²) < 4.78 is 7.20. The minimum Gasteiger partial charge on any atom is -0.495 e. The maximum Gasteiger partial charge on any atom is 0.142 e. The molecule has 0 saturated heterocycles. The van der Waals surface area contributed by atoms with Crippen molar-refractivity contribution in [2.45, 2.75) is 32.7 Å². The van der Waals surface area contributed by atoms with Gasteiger partial charge in [0.2, 0.25) is 0 Å². The molecule has 2 rings (SSSR count). The average Bonchev–Trinajstić information content (AvgIpc) is 2.78. The molecule has 0 fully saturated rings. The second-order valence-electron chi connectivity index (χ2n) is 6.12. The quantitative estimate of drug-likeness (QED) is 0.928. The van der Waals surface area contributed by atoms with Gasteiger partial charge in [0.1, 0.15) is 5.75 Å². The molecule has 1 aromatic heterocycles. The molecule has 0 unspecified atom stereocenters. The van der Waals surface area contributed by atoms with Crippen molar-refractivity contribution in [3.05, 3.63) is 40.7 Å². The molecule has 0 radical (unpaired) electrons. The third-order valence-corrected chi connectivity index (χ3v) is 3.48. The molecule has 4 nitrogen and oxygen atoms in total. The summed E-state index contributed by atoms with van der Waals surface area (Å²) >= 11 is 6.05. The van der Waals surface area contributed by atoms with E-state index in [9.17, 15) is 0 Å². The predicted octanol–water partition coefficient (Wildman–Crippen LogP) is 3.99. The Bertz CT molecular complexity index is 629. The normalized spacial score (nSPS) is 11.5. The van der Waals surface area contributed by atoms with E-state index in [4.69, 9.17) is 16.3 Å². The first-order valence-corrected chi connectivity index (χ1v) is 7.29. The first-order valence-electron chi connectivity index (χ1n) is 6.91. The number of anilines is 1. The van der Waals surface area contributed by atoms with Crippen molar-refractivity contribution < 1.29 is 4.74 Å². The molecule has 1 heterocycles. The van der Waals surface area contributed by atoms with Gasteiger partial charge in [-0.3, -0.25) is 4.68 Å². The fraction of sp³-hybridized carbons (Fsp3) is 0.438. The van der Waals surface area contributed by atoms with Crippen LogP contribution in [0, 0.1) is 0 Å². The van der Waals surface area contributed by atoms with Gasteiger partial charge in [0.05, 0.1) is 18.5 Å². The highest BCUT2D eigenvalue weighted by Gasteiger charge is 2.21. The number of aryl methyl sites for hydroxylation is 1. The highest BCUT2D eigenvalue weighted by atomic mass is 35.5. The van der Waals surface area contributed by atoms with E-state index in [1.165, 1.54) is 5.56 Å². The van der Waals surface area contributed by atoms with Gasteiger partial charge in [-0.25, -0.2) is 0 Å². The van der Waals surface area contributed by atoms with Gasteiger partial charge < -0.3 is 10.1 Å². The summed E-state index contributed by atoms with van der Waals surface area (Å²) in [6.07, 6.45) is 2.05. The molecule has 0 saturated carbocycles. The van der Waals surface area contributed by atoms with Gasteiger partial charge in [0, 0.05) is 35.8 Å². The van der Waals surface area contributed by atoms with Crippen molar-refractivity contribution >= 4 is 17.3 Å². The fourth-order valence-electron chi connectivity index (χ4n) is 2.31. The van der Waals surface area contributed by atoms with E-state index in [0.717, 1.165) is 17.1 Å². The van der Waals surface area contributed by atoms with Crippen LogP contribution in [0.3, 0.4) is 0 Å². The number of hydrogen-bond donors (Lipinski definition) is 1. The zero-order chi connectivity index (χ0) is 15.6. The minimum atomic E-state index is 0.0106. The Balaban J connectivity index is 2.23. The van der Waals surface area contributed by atoms with Crippen LogP contribution in [-0.2, 0) is 19.0 Å². The van der Waals surface area contributed by atoms with E-state index in [2.05, 4.69) is 31.2 Å². The molecule has 2 aromatic rings. The zero-order valence-electron chi connectivity index (χ0n) is 13.2. The maximum absolute atomic E-state index is 6.05. The number of methoxy groups -OCH3 is 1. The smallest absolute Gasteiger partial charge is 0.142 e. The number of nitrogens with zero attached hydrogens (tertiary/aromatic N) is 2. The van der Waals surface area contributed by atoms with Crippen LogP contribution in [0.15, 0.2) is 24.4 Å². The molecule has 1 aromatic carbocycles.